The first kappa shape index (κ1) is 15.3. The lowest BCUT2D eigenvalue weighted by Gasteiger charge is -2.16. The van der Waals surface area contributed by atoms with Crippen LogP contribution in [-0.4, -0.2) is 49.4 Å². The van der Waals surface area contributed by atoms with Gasteiger partial charge in [-0.25, -0.2) is 4.39 Å². The molecule has 1 aromatic carbocycles. The van der Waals surface area contributed by atoms with E-state index in [1.54, 1.807) is 14.2 Å². The maximum absolute atomic E-state index is 13.6. The first-order valence-corrected chi connectivity index (χ1v) is 6.81. The number of rotatable bonds is 5. The maximum atomic E-state index is 13.6. The monoisotopic (exact) mass is 298 g/mol. The summed E-state index contributed by atoms with van der Waals surface area (Å²) in [5.74, 6) is -0.323. The first-order chi connectivity index (χ1) is 9.53. The second-order valence-electron chi connectivity index (χ2n) is 4.95. The van der Waals surface area contributed by atoms with E-state index in [2.05, 4.69) is 4.90 Å². The molecule has 0 bridgehead atoms. The Balaban J connectivity index is 2.09. The molecule has 4 nitrogen and oxygen atoms in total. The minimum absolute atomic E-state index is 0.0450. The minimum Gasteiger partial charge on any atom is -0.389 e. The molecule has 1 aliphatic heterocycles. The van der Waals surface area contributed by atoms with Gasteiger partial charge in [-0.1, -0.05) is 12.2 Å². The smallest absolute Gasteiger partial charge is 0.124 e. The highest BCUT2D eigenvalue weighted by Gasteiger charge is 2.32. The number of ether oxygens (including phenoxy) is 2. The van der Waals surface area contributed by atoms with E-state index in [1.165, 1.54) is 12.1 Å². The van der Waals surface area contributed by atoms with Crippen LogP contribution in [0.4, 0.5) is 4.39 Å². The van der Waals surface area contributed by atoms with Crippen LogP contribution < -0.4 is 5.73 Å². The minimum atomic E-state index is -0.323. The fourth-order valence-electron chi connectivity index (χ4n) is 2.54. The number of hydrogen-bond acceptors (Lipinski definition) is 4. The van der Waals surface area contributed by atoms with Gasteiger partial charge in [-0.2, -0.15) is 0 Å². The highest BCUT2D eigenvalue weighted by atomic mass is 32.1. The summed E-state index contributed by atoms with van der Waals surface area (Å²) in [5, 5.41) is 0. The lowest BCUT2D eigenvalue weighted by atomic mass is 10.1. The van der Waals surface area contributed by atoms with Crippen molar-refractivity contribution >= 4 is 17.2 Å². The van der Waals surface area contributed by atoms with Gasteiger partial charge < -0.3 is 15.2 Å². The lowest BCUT2D eigenvalue weighted by Crippen LogP contribution is -2.27. The molecule has 1 saturated heterocycles. The van der Waals surface area contributed by atoms with Crippen molar-refractivity contribution in [3.05, 3.63) is 35.1 Å². The molecule has 6 heteroatoms. The molecule has 0 amide bonds. The van der Waals surface area contributed by atoms with Crippen molar-refractivity contribution in [2.45, 2.75) is 18.8 Å². The van der Waals surface area contributed by atoms with Gasteiger partial charge in [0.1, 0.15) is 10.8 Å². The van der Waals surface area contributed by atoms with Gasteiger partial charge >= 0.3 is 0 Å². The van der Waals surface area contributed by atoms with E-state index >= 15 is 0 Å². The number of hydrogen-bond donors (Lipinski definition) is 1. The fraction of sp³-hybridized carbons (Fsp3) is 0.500. The molecule has 110 valence electrons. The van der Waals surface area contributed by atoms with Crippen LogP contribution in [0.1, 0.15) is 11.1 Å². The number of methoxy groups -OCH3 is 2. The normalized spacial score (nSPS) is 23.1. The highest BCUT2D eigenvalue weighted by molar-refractivity contribution is 7.80. The standard InChI is InChI=1S/C14H19FN2O2S/c1-18-12-7-17(8-13(12)19-2)6-9-3-10(14(16)20)5-11(15)4-9/h3-5,12-13H,6-8H2,1-2H3,(H2,16,20). The molecule has 1 aromatic rings. The SMILES string of the molecule is COC1CN(Cc2cc(F)cc(C(N)=S)c2)CC1OC. The lowest BCUT2D eigenvalue weighted by molar-refractivity contribution is -0.00461. The fourth-order valence-corrected chi connectivity index (χ4v) is 2.66. The van der Waals surface area contributed by atoms with E-state index in [-0.39, 0.29) is 23.0 Å². The zero-order valence-corrected chi connectivity index (χ0v) is 12.5. The summed E-state index contributed by atoms with van der Waals surface area (Å²) in [6.45, 7) is 2.13. The molecular formula is C14H19FN2O2S. The van der Waals surface area contributed by atoms with Crippen molar-refractivity contribution in [1.29, 1.82) is 0 Å². The van der Waals surface area contributed by atoms with E-state index in [0.717, 1.165) is 18.7 Å². The highest BCUT2D eigenvalue weighted by Crippen LogP contribution is 2.19. The Kier molecular flexibility index (Phi) is 5.04. The summed E-state index contributed by atoms with van der Waals surface area (Å²) < 4.78 is 24.3. The first-order valence-electron chi connectivity index (χ1n) is 6.40. The zero-order valence-electron chi connectivity index (χ0n) is 11.6. The molecule has 1 heterocycles. The Morgan fingerprint density at radius 3 is 2.40 bits per heavy atom. The summed E-state index contributed by atoms with van der Waals surface area (Å²) in [7, 11) is 3.35. The third-order valence-corrected chi connectivity index (χ3v) is 3.78. The van der Waals surface area contributed by atoms with Gasteiger partial charge in [-0.15, -0.1) is 0 Å². The number of benzene rings is 1. The van der Waals surface area contributed by atoms with Crippen molar-refractivity contribution in [1.82, 2.24) is 4.90 Å². The summed E-state index contributed by atoms with van der Waals surface area (Å²) >= 11 is 4.90. The Hall–Kier alpha value is -1.08. The van der Waals surface area contributed by atoms with Gasteiger partial charge in [-0.05, 0) is 23.8 Å². The van der Waals surface area contributed by atoms with Crippen LogP contribution in [0, 0.1) is 5.82 Å². The molecular weight excluding hydrogens is 279 g/mol. The van der Waals surface area contributed by atoms with E-state index < -0.39 is 0 Å². The average molecular weight is 298 g/mol. The molecule has 2 rings (SSSR count). The molecule has 0 aromatic heterocycles. The summed E-state index contributed by atoms with van der Waals surface area (Å²) in [5.41, 5.74) is 6.96. The zero-order chi connectivity index (χ0) is 14.7. The second-order valence-corrected chi connectivity index (χ2v) is 5.39. The maximum Gasteiger partial charge on any atom is 0.124 e. The molecule has 2 unspecified atom stereocenters. The topological polar surface area (TPSA) is 47.7 Å². The van der Waals surface area contributed by atoms with Crippen LogP contribution in [0.5, 0.6) is 0 Å². The van der Waals surface area contributed by atoms with E-state index in [1.807, 2.05) is 6.07 Å². The average Bonchev–Trinajstić information content (AvgIpc) is 2.80. The second kappa shape index (κ2) is 6.58. The Bertz CT molecular complexity index is 486. The summed E-state index contributed by atoms with van der Waals surface area (Å²) in [6.07, 6.45) is 0.0900. The van der Waals surface area contributed by atoms with Gasteiger partial charge in [-0.3, -0.25) is 4.90 Å². The molecule has 0 aliphatic carbocycles. The predicted molar refractivity (Wildman–Crippen MR) is 79.2 cm³/mol. The molecule has 0 saturated carbocycles. The van der Waals surface area contributed by atoms with Crippen LogP contribution >= 0.6 is 12.2 Å². The number of halogens is 1. The van der Waals surface area contributed by atoms with Crippen molar-refractivity contribution in [2.24, 2.45) is 5.73 Å². The predicted octanol–water partition coefficient (Wildman–Crippen LogP) is 1.31. The van der Waals surface area contributed by atoms with Crippen molar-refractivity contribution < 1.29 is 13.9 Å². The number of thiocarbonyl (C=S) groups is 1. The Labute approximate surface area is 123 Å². The van der Waals surface area contributed by atoms with Gasteiger partial charge in [0.2, 0.25) is 0 Å². The van der Waals surface area contributed by atoms with Crippen LogP contribution in [0.3, 0.4) is 0 Å². The van der Waals surface area contributed by atoms with Crippen LogP contribution in [0.2, 0.25) is 0 Å². The number of likely N-dealkylation sites (tertiary alicyclic amines) is 1. The number of nitrogens with two attached hydrogens (primary N) is 1. The summed E-state index contributed by atoms with van der Waals surface area (Å²) in [6, 6.07) is 4.68. The van der Waals surface area contributed by atoms with Crippen LogP contribution in [-0.2, 0) is 16.0 Å². The largest absolute Gasteiger partial charge is 0.389 e. The third-order valence-electron chi connectivity index (χ3n) is 3.54. The molecule has 2 N–H and O–H groups in total. The molecule has 0 spiro atoms. The molecule has 1 aliphatic rings. The quantitative estimate of drug-likeness (QED) is 0.831. The molecule has 0 radical (unpaired) electrons. The van der Waals surface area contributed by atoms with Gasteiger partial charge in [0.15, 0.2) is 0 Å². The van der Waals surface area contributed by atoms with Crippen molar-refractivity contribution in [2.75, 3.05) is 27.3 Å². The van der Waals surface area contributed by atoms with Crippen molar-refractivity contribution in [3.63, 3.8) is 0 Å². The van der Waals surface area contributed by atoms with E-state index in [4.69, 9.17) is 27.4 Å². The van der Waals surface area contributed by atoms with Crippen molar-refractivity contribution in [3.8, 4) is 0 Å². The Morgan fingerprint density at radius 1 is 1.30 bits per heavy atom. The molecule has 20 heavy (non-hydrogen) atoms. The van der Waals surface area contributed by atoms with E-state index in [0.29, 0.717) is 12.1 Å². The van der Waals surface area contributed by atoms with Gasteiger partial charge in [0, 0.05) is 39.4 Å². The summed E-state index contributed by atoms with van der Waals surface area (Å²) in [4.78, 5) is 2.37. The van der Waals surface area contributed by atoms with E-state index in [9.17, 15) is 4.39 Å². The molecule has 1 fully saturated rings. The van der Waals surface area contributed by atoms with Gasteiger partial charge in [0.05, 0.1) is 12.2 Å². The number of nitrogens with zero attached hydrogens (tertiary/aromatic N) is 1. The van der Waals surface area contributed by atoms with Crippen LogP contribution in [0.25, 0.3) is 0 Å². The van der Waals surface area contributed by atoms with Gasteiger partial charge in [0.25, 0.3) is 0 Å². The Morgan fingerprint density at radius 2 is 1.90 bits per heavy atom. The van der Waals surface area contributed by atoms with Crippen LogP contribution in [0.15, 0.2) is 18.2 Å². The third kappa shape index (κ3) is 3.52. The molecule has 2 atom stereocenters.